The van der Waals surface area contributed by atoms with Crippen LogP contribution in [0.1, 0.15) is 64.2 Å². The SMILES string of the molecule is O=C(O)/C=C/C(=O)O.c1ccc(N2CCCC23CCN(C2CC4CCCCC4C2)CC3)cc1. The summed E-state index contributed by atoms with van der Waals surface area (Å²) < 4.78 is 0. The number of fused-ring (bicyclic) bond motifs is 1. The number of likely N-dealkylation sites (tertiary alicyclic amines) is 1. The first-order chi connectivity index (χ1) is 16.0. The van der Waals surface area contributed by atoms with Gasteiger partial charge in [0.15, 0.2) is 0 Å². The molecule has 0 amide bonds. The molecule has 2 heterocycles. The molecule has 2 unspecified atom stereocenters. The van der Waals surface area contributed by atoms with E-state index in [0.29, 0.717) is 17.7 Å². The average molecular weight is 455 g/mol. The quantitative estimate of drug-likeness (QED) is 0.636. The number of carboxylic acid groups (broad SMARTS) is 2. The molecule has 33 heavy (non-hydrogen) atoms. The van der Waals surface area contributed by atoms with E-state index in [1.807, 2.05) is 0 Å². The van der Waals surface area contributed by atoms with E-state index in [2.05, 4.69) is 40.1 Å². The smallest absolute Gasteiger partial charge is 0.328 e. The number of carbonyl (C=O) groups is 2. The number of carboxylic acids is 2. The van der Waals surface area contributed by atoms with Crippen molar-refractivity contribution in [3.05, 3.63) is 42.5 Å². The lowest BCUT2D eigenvalue weighted by atomic mass is 9.82. The third-order valence-electron chi connectivity index (χ3n) is 8.49. The molecule has 6 nitrogen and oxygen atoms in total. The monoisotopic (exact) mass is 454 g/mol. The maximum absolute atomic E-state index is 9.55. The van der Waals surface area contributed by atoms with Crippen molar-refractivity contribution >= 4 is 17.6 Å². The van der Waals surface area contributed by atoms with E-state index in [1.54, 1.807) is 0 Å². The summed E-state index contributed by atoms with van der Waals surface area (Å²) in [7, 11) is 0. The number of anilines is 1. The van der Waals surface area contributed by atoms with Gasteiger partial charge in [-0.2, -0.15) is 0 Å². The molecule has 1 spiro atoms. The molecule has 0 aromatic heterocycles. The van der Waals surface area contributed by atoms with E-state index in [0.717, 1.165) is 17.9 Å². The number of hydrogen-bond acceptors (Lipinski definition) is 4. The van der Waals surface area contributed by atoms with Crippen LogP contribution < -0.4 is 4.90 Å². The Kier molecular flexibility index (Phi) is 7.74. The highest BCUT2D eigenvalue weighted by molar-refractivity contribution is 5.89. The topological polar surface area (TPSA) is 81.1 Å². The van der Waals surface area contributed by atoms with Crippen LogP contribution >= 0.6 is 0 Å². The van der Waals surface area contributed by atoms with Gasteiger partial charge in [-0.3, -0.25) is 0 Å². The minimum atomic E-state index is -1.26. The van der Waals surface area contributed by atoms with Crippen molar-refractivity contribution in [3.8, 4) is 0 Å². The summed E-state index contributed by atoms with van der Waals surface area (Å²) >= 11 is 0. The van der Waals surface area contributed by atoms with Gasteiger partial charge in [-0.1, -0.05) is 43.9 Å². The fourth-order valence-corrected chi connectivity index (χ4v) is 6.92. The second kappa shape index (κ2) is 10.7. The van der Waals surface area contributed by atoms with E-state index in [-0.39, 0.29) is 0 Å². The van der Waals surface area contributed by atoms with Crippen LogP contribution in [0.2, 0.25) is 0 Å². The summed E-state index contributed by atoms with van der Waals surface area (Å²) in [6.45, 7) is 3.94. The minimum Gasteiger partial charge on any atom is -0.478 e. The molecule has 5 rings (SSSR count). The highest BCUT2D eigenvalue weighted by Gasteiger charge is 2.46. The molecule has 2 aliphatic carbocycles. The highest BCUT2D eigenvalue weighted by atomic mass is 16.4. The van der Waals surface area contributed by atoms with Crippen molar-refractivity contribution in [2.24, 2.45) is 11.8 Å². The number of rotatable bonds is 4. The molecule has 2 N–H and O–H groups in total. The van der Waals surface area contributed by atoms with Crippen molar-refractivity contribution in [2.45, 2.75) is 75.8 Å². The molecule has 2 atom stereocenters. The Hall–Kier alpha value is -2.34. The zero-order valence-electron chi connectivity index (χ0n) is 19.6. The summed E-state index contributed by atoms with van der Waals surface area (Å²) in [4.78, 5) is 24.8. The summed E-state index contributed by atoms with van der Waals surface area (Å²) in [5.74, 6) is -0.372. The van der Waals surface area contributed by atoms with Crippen LogP contribution in [0.15, 0.2) is 42.5 Å². The summed E-state index contributed by atoms with van der Waals surface area (Å²) in [5, 5.41) is 15.6. The van der Waals surface area contributed by atoms with E-state index < -0.39 is 11.9 Å². The Morgan fingerprint density at radius 2 is 1.39 bits per heavy atom. The highest BCUT2D eigenvalue weighted by Crippen LogP contribution is 2.46. The molecule has 0 radical (unpaired) electrons. The average Bonchev–Trinajstić information content (AvgIpc) is 3.44. The first-order valence-corrected chi connectivity index (χ1v) is 12.7. The van der Waals surface area contributed by atoms with Crippen molar-refractivity contribution in [3.63, 3.8) is 0 Å². The van der Waals surface area contributed by atoms with Crippen LogP contribution in [-0.4, -0.2) is 58.3 Å². The molecule has 4 fully saturated rings. The standard InChI is InChI=1S/C23H34N2.C4H4O4/c1-2-9-21(10-3-1)25-14-6-11-23(25)12-15-24(16-13-23)22-17-19-7-4-5-8-20(19)18-22;5-3(6)1-2-4(7)8/h1-3,9-10,19-20,22H,4-8,11-18H2;1-2H,(H,5,6)(H,7,8)/b;2-1+. The molecule has 0 bridgehead atoms. The molecule has 2 aliphatic heterocycles. The molecule has 1 aromatic rings. The lowest BCUT2D eigenvalue weighted by Gasteiger charge is -2.47. The van der Waals surface area contributed by atoms with Gasteiger partial charge in [0.05, 0.1) is 0 Å². The Bertz CT molecular complexity index is 802. The molecule has 4 aliphatic rings. The largest absolute Gasteiger partial charge is 0.478 e. The number of benzene rings is 1. The van der Waals surface area contributed by atoms with E-state index >= 15 is 0 Å². The van der Waals surface area contributed by atoms with Crippen LogP contribution in [0.25, 0.3) is 0 Å². The molecular weight excluding hydrogens is 416 g/mol. The van der Waals surface area contributed by atoms with Crippen molar-refractivity contribution in [1.29, 1.82) is 0 Å². The fourth-order valence-electron chi connectivity index (χ4n) is 6.92. The number of nitrogens with zero attached hydrogens (tertiary/aromatic N) is 2. The molecule has 2 saturated heterocycles. The maximum atomic E-state index is 9.55. The molecule has 1 aromatic carbocycles. The van der Waals surface area contributed by atoms with E-state index in [9.17, 15) is 9.59 Å². The summed E-state index contributed by atoms with van der Waals surface area (Å²) in [6.07, 6.45) is 15.8. The van der Waals surface area contributed by atoms with Gasteiger partial charge in [-0.15, -0.1) is 0 Å². The van der Waals surface area contributed by atoms with E-state index in [4.69, 9.17) is 10.2 Å². The Balaban J connectivity index is 0.000000281. The normalized spacial score (nSPS) is 29.0. The van der Waals surface area contributed by atoms with Gasteiger partial charge in [0.25, 0.3) is 0 Å². The van der Waals surface area contributed by atoms with Crippen LogP contribution in [0, 0.1) is 11.8 Å². The first-order valence-electron chi connectivity index (χ1n) is 12.7. The molecule has 180 valence electrons. The van der Waals surface area contributed by atoms with Gasteiger partial charge in [0, 0.05) is 49.1 Å². The maximum Gasteiger partial charge on any atom is 0.328 e. The molecule has 6 heteroatoms. The second-order valence-electron chi connectivity index (χ2n) is 10.3. The fraction of sp³-hybridized carbons (Fsp3) is 0.630. The summed E-state index contributed by atoms with van der Waals surface area (Å²) in [6, 6.07) is 12.1. The molecular formula is C27H38N2O4. The van der Waals surface area contributed by atoms with Crippen LogP contribution in [-0.2, 0) is 9.59 Å². The Morgan fingerprint density at radius 1 is 0.818 bits per heavy atom. The summed E-state index contributed by atoms with van der Waals surface area (Å²) in [5.41, 5.74) is 1.92. The van der Waals surface area contributed by atoms with Gasteiger partial charge >= 0.3 is 11.9 Å². The Morgan fingerprint density at radius 3 is 1.94 bits per heavy atom. The lowest BCUT2D eigenvalue weighted by molar-refractivity contribution is -0.134. The number of aliphatic carboxylic acids is 2. The number of para-hydroxylation sites is 1. The number of piperidine rings is 1. The predicted molar refractivity (Wildman–Crippen MR) is 129 cm³/mol. The minimum absolute atomic E-state index is 0.462. The number of hydrogen-bond donors (Lipinski definition) is 2. The third kappa shape index (κ3) is 5.78. The predicted octanol–water partition coefficient (Wildman–Crippen LogP) is 4.80. The van der Waals surface area contributed by atoms with Gasteiger partial charge in [0.2, 0.25) is 0 Å². The van der Waals surface area contributed by atoms with Crippen LogP contribution in [0.5, 0.6) is 0 Å². The van der Waals surface area contributed by atoms with Crippen molar-refractivity contribution < 1.29 is 19.8 Å². The second-order valence-corrected chi connectivity index (χ2v) is 10.3. The third-order valence-corrected chi connectivity index (χ3v) is 8.49. The van der Waals surface area contributed by atoms with Gasteiger partial charge in [0.1, 0.15) is 0 Å². The van der Waals surface area contributed by atoms with Crippen LogP contribution in [0.4, 0.5) is 5.69 Å². The van der Waals surface area contributed by atoms with Crippen molar-refractivity contribution in [1.82, 2.24) is 4.90 Å². The zero-order chi connectivity index (χ0) is 23.3. The van der Waals surface area contributed by atoms with E-state index in [1.165, 1.54) is 89.5 Å². The van der Waals surface area contributed by atoms with Gasteiger partial charge in [-0.25, -0.2) is 9.59 Å². The van der Waals surface area contributed by atoms with Gasteiger partial charge in [-0.05, 0) is 62.5 Å². The van der Waals surface area contributed by atoms with Crippen LogP contribution in [0.3, 0.4) is 0 Å². The first kappa shape index (κ1) is 23.8. The Labute approximate surface area is 197 Å². The van der Waals surface area contributed by atoms with Gasteiger partial charge < -0.3 is 20.0 Å². The zero-order valence-corrected chi connectivity index (χ0v) is 19.6. The molecule has 2 saturated carbocycles. The van der Waals surface area contributed by atoms with Crippen molar-refractivity contribution in [2.75, 3.05) is 24.5 Å². The lowest BCUT2D eigenvalue weighted by Crippen LogP contribution is -2.54.